The van der Waals surface area contributed by atoms with Crippen LogP contribution in [0.15, 0.2) is 16.6 Å². The molecule has 21 heavy (non-hydrogen) atoms. The quantitative estimate of drug-likeness (QED) is 0.593. The first-order chi connectivity index (χ1) is 10.2. The fraction of sp³-hybridized carbons (Fsp3) is 0.625. The number of aliphatic hydroxyl groups excluding tert-OH is 1. The van der Waals surface area contributed by atoms with Crippen molar-refractivity contribution in [1.82, 2.24) is 5.32 Å². The molecule has 1 aromatic carbocycles. The van der Waals surface area contributed by atoms with Gasteiger partial charge in [-0.05, 0) is 66.9 Å². The SMILES string of the molecule is CCOc1cc(CNC)cc(Br)c1OCCCCCCO. The van der Waals surface area contributed by atoms with Crippen molar-refractivity contribution in [2.45, 2.75) is 39.2 Å². The maximum absolute atomic E-state index is 8.74. The molecule has 0 saturated heterocycles. The van der Waals surface area contributed by atoms with Gasteiger partial charge in [-0.3, -0.25) is 0 Å². The van der Waals surface area contributed by atoms with Crippen LogP contribution in [0.1, 0.15) is 38.2 Å². The van der Waals surface area contributed by atoms with Crippen molar-refractivity contribution >= 4 is 15.9 Å². The monoisotopic (exact) mass is 359 g/mol. The largest absolute Gasteiger partial charge is 0.490 e. The first-order valence-corrected chi connectivity index (χ1v) is 8.35. The standard InChI is InChI=1S/C16H26BrNO3/c1-3-20-15-11-13(12-18-2)10-14(17)16(15)21-9-7-5-4-6-8-19/h10-11,18-19H,3-9,12H2,1-2H3. The molecule has 0 aliphatic rings. The van der Waals surface area contributed by atoms with Crippen LogP contribution in [0, 0.1) is 0 Å². The molecule has 0 aromatic heterocycles. The summed E-state index contributed by atoms with van der Waals surface area (Å²) in [7, 11) is 1.92. The third-order valence-electron chi connectivity index (χ3n) is 3.05. The third kappa shape index (κ3) is 6.68. The van der Waals surface area contributed by atoms with Crippen molar-refractivity contribution in [3.63, 3.8) is 0 Å². The first kappa shape index (κ1) is 18.3. The second-order valence-corrected chi connectivity index (χ2v) is 5.71. The number of hydrogen-bond acceptors (Lipinski definition) is 4. The number of nitrogens with one attached hydrogen (secondary N) is 1. The second-order valence-electron chi connectivity index (χ2n) is 4.85. The molecule has 0 radical (unpaired) electrons. The van der Waals surface area contributed by atoms with Crippen LogP contribution in [0.2, 0.25) is 0 Å². The zero-order valence-corrected chi connectivity index (χ0v) is 14.5. The van der Waals surface area contributed by atoms with Crippen molar-refractivity contribution in [3.8, 4) is 11.5 Å². The Morgan fingerprint density at radius 1 is 1.14 bits per heavy atom. The summed E-state index contributed by atoms with van der Waals surface area (Å²) in [6, 6.07) is 4.08. The van der Waals surface area contributed by atoms with Gasteiger partial charge < -0.3 is 19.9 Å². The molecule has 0 atom stereocenters. The Bertz CT molecular complexity index is 413. The van der Waals surface area contributed by atoms with E-state index in [1.165, 1.54) is 0 Å². The molecule has 1 rings (SSSR count). The average molecular weight is 360 g/mol. The predicted molar refractivity (Wildman–Crippen MR) is 89.1 cm³/mol. The number of aliphatic hydroxyl groups is 1. The van der Waals surface area contributed by atoms with Gasteiger partial charge in [-0.25, -0.2) is 0 Å². The van der Waals surface area contributed by atoms with Crippen LogP contribution in [0.3, 0.4) is 0 Å². The highest BCUT2D eigenvalue weighted by Gasteiger charge is 2.12. The zero-order chi connectivity index (χ0) is 15.5. The Kier molecular flexibility index (Phi) is 9.46. The number of hydrogen-bond donors (Lipinski definition) is 2. The van der Waals surface area contributed by atoms with Crippen LogP contribution in [-0.2, 0) is 6.54 Å². The van der Waals surface area contributed by atoms with Gasteiger partial charge in [0.2, 0.25) is 0 Å². The summed E-state index contributed by atoms with van der Waals surface area (Å²) in [4.78, 5) is 0. The Morgan fingerprint density at radius 2 is 1.90 bits per heavy atom. The first-order valence-electron chi connectivity index (χ1n) is 7.56. The van der Waals surface area contributed by atoms with Gasteiger partial charge in [0.05, 0.1) is 17.7 Å². The summed E-state index contributed by atoms with van der Waals surface area (Å²) in [5, 5.41) is 11.9. The van der Waals surface area contributed by atoms with E-state index in [1.807, 2.05) is 20.0 Å². The maximum atomic E-state index is 8.74. The summed E-state index contributed by atoms with van der Waals surface area (Å²) in [5.74, 6) is 1.56. The molecule has 1 aromatic rings. The van der Waals surface area contributed by atoms with E-state index in [4.69, 9.17) is 14.6 Å². The Morgan fingerprint density at radius 3 is 2.57 bits per heavy atom. The van der Waals surface area contributed by atoms with Crippen molar-refractivity contribution in [1.29, 1.82) is 0 Å². The molecular weight excluding hydrogens is 334 g/mol. The summed E-state index contributed by atoms with van der Waals surface area (Å²) in [6.07, 6.45) is 3.96. The number of ether oxygens (including phenoxy) is 2. The summed E-state index contributed by atoms with van der Waals surface area (Å²) in [6.45, 7) is 4.31. The van der Waals surface area contributed by atoms with Crippen LogP contribution in [0.4, 0.5) is 0 Å². The van der Waals surface area contributed by atoms with Gasteiger partial charge in [0.15, 0.2) is 11.5 Å². The highest BCUT2D eigenvalue weighted by molar-refractivity contribution is 9.10. The minimum atomic E-state index is 0.272. The van der Waals surface area contributed by atoms with Gasteiger partial charge >= 0.3 is 0 Å². The molecule has 2 N–H and O–H groups in total. The normalized spacial score (nSPS) is 10.7. The number of unbranched alkanes of at least 4 members (excludes halogenated alkanes) is 3. The molecule has 0 aliphatic heterocycles. The Labute approximate surface area is 136 Å². The van der Waals surface area contributed by atoms with Gasteiger partial charge in [0.1, 0.15) is 0 Å². The van der Waals surface area contributed by atoms with Crippen LogP contribution in [0.25, 0.3) is 0 Å². The van der Waals surface area contributed by atoms with Crippen LogP contribution in [-0.4, -0.2) is 32.0 Å². The summed E-state index contributed by atoms with van der Waals surface area (Å²) < 4.78 is 12.5. The molecule has 0 heterocycles. The molecule has 0 saturated carbocycles. The lowest BCUT2D eigenvalue weighted by Crippen LogP contribution is -2.07. The highest BCUT2D eigenvalue weighted by atomic mass is 79.9. The Balaban J connectivity index is 2.62. The lowest BCUT2D eigenvalue weighted by atomic mass is 10.2. The maximum Gasteiger partial charge on any atom is 0.175 e. The minimum Gasteiger partial charge on any atom is -0.490 e. The van der Waals surface area contributed by atoms with E-state index >= 15 is 0 Å². The topological polar surface area (TPSA) is 50.7 Å². The Hall–Kier alpha value is -0.780. The van der Waals surface area contributed by atoms with E-state index in [9.17, 15) is 0 Å². The number of benzene rings is 1. The summed E-state index contributed by atoms with van der Waals surface area (Å²) in [5.41, 5.74) is 1.16. The predicted octanol–water partition coefficient (Wildman–Crippen LogP) is 3.50. The van der Waals surface area contributed by atoms with Crippen molar-refractivity contribution in [3.05, 3.63) is 22.2 Å². The molecule has 0 aliphatic carbocycles. The molecule has 0 fully saturated rings. The average Bonchev–Trinajstić information content (AvgIpc) is 2.45. The van der Waals surface area contributed by atoms with Gasteiger partial charge in [0.25, 0.3) is 0 Å². The lowest BCUT2D eigenvalue weighted by molar-refractivity contribution is 0.260. The smallest absolute Gasteiger partial charge is 0.175 e. The summed E-state index contributed by atoms with van der Waals surface area (Å²) >= 11 is 3.57. The fourth-order valence-electron chi connectivity index (χ4n) is 2.07. The van der Waals surface area contributed by atoms with E-state index < -0.39 is 0 Å². The van der Waals surface area contributed by atoms with Crippen LogP contribution < -0.4 is 14.8 Å². The van der Waals surface area contributed by atoms with Gasteiger partial charge in [-0.15, -0.1) is 0 Å². The molecule has 120 valence electrons. The third-order valence-corrected chi connectivity index (χ3v) is 3.64. The fourth-order valence-corrected chi connectivity index (χ4v) is 2.68. The van der Waals surface area contributed by atoms with Crippen molar-refractivity contribution in [2.75, 3.05) is 26.9 Å². The van der Waals surface area contributed by atoms with Crippen molar-refractivity contribution < 1.29 is 14.6 Å². The molecule has 4 nitrogen and oxygen atoms in total. The number of halogens is 1. The van der Waals surface area contributed by atoms with E-state index in [1.54, 1.807) is 0 Å². The molecule has 5 heteroatoms. The second kappa shape index (κ2) is 10.9. The minimum absolute atomic E-state index is 0.272. The van der Waals surface area contributed by atoms with E-state index in [0.29, 0.717) is 13.2 Å². The number of rotatable bonds is 11. The van der Waals surface area contributed by atoms with Gasteiger partial charge in [-0.2, -0.15) is 0 Å². The van der Waals surface area contributed by atoms with Crippen LogP contribution >= 0.6 is 15.9 Å². The van der Waals surface area contributed by atoms with Crippen LogP contribution in [0.5, 0.6) is 11.5 Å². The zero-order valence-electron chi connectivity index (χ0n) is 13.0. The van der Waals surface area contributed by atoms with E-state index in [-0.39, 0.29) is 6.61 Å². The molecule has 0 amide bonds. The lowest BCUT2D eigenvalue weighted by Gasteiger charge is -2.15. The molecular formula is C16H26BrNO3. The molecule has 0 bridgehead atoms. The van der Waals surface area contributed by atoms with E-state index in [0.717, 1.165) is 53.8 Å². The molecule has 0 unspecified atom stereocenters. The molecule has 0 spiro atoms. The highest BCUT2D eigenvalue weighted by Crippen LogP contribution is 2.37. The van der Waals surface area contributed by atoms with Crippen molar-refractivity contribution in [2.24, 2.45) is 0 Å². The van der Waals surface area contributed by atoms with E-state index in [2.05, 4.69) is 27.3 Å². The van der Waals surface area contributed by atoms with Gasteiger partial charge in [0, 0.05) is 13.2 Å². The van der Waals surface area contributed by atoms with Gasteiger partial charge in [-0.1, -0.05) is 6.42 Å².